The molecule has 1 atom stereocenters. The van der Waals surface area contributed by atoms with E-state index in [1.807, 2.05) is 0 Å². The number of rotatable bonds is 25. The second kappa shape index (κ2) is 19.4. The smallest absolute Gasteiger partial charge is 0.460 e. The number of halogens is 34. The van der Waals surface area contributed by atoms with E-state index in [0.717, 1.165) is 0 Å². The van der Waals surface area contributed by atoms with Gasteiger partial charge in [0.05, 0.1) is 47.2 Å². The van der Waals surface area contributed by atoms with E-state index in [4.69, 9.17) is 5.41 Å². The molecule has 71 heavy (non-hydrogen) atoms. The van der Waals surface area contributed by atoms with Gasteiger partial charge in [-0.15, -0.1) is 0 Å². The largest absolute Gasteiger partial charge is 0.481 e. The van der Waals surface area contributed by atoms with Crippen molar-refractivity contribution in [2.24, 2.45) is 0 Å². The van der Waals surface area contributed by atoms with E-state index in [9.17, 15) is 159 Å². The summed E-state index contributed by atoms with van der Waals surface area (Å²) >= 11 is 0. The standard InChI is InChI=1S/C30H25F34N3O4/c1-67(2,3)10-13(68)66-11(14(69)71-9-7-16(33,34)18(37,38)20(41,42)22(45,46)24(49,50)26(53,54)28(57,58)30(62,63)64)4-5-12(65)70-8-6-15(31,32)17(35,36)19(39,40)21(43,44)23(47,48)25(51,52)27(55,56)29(59,60)61/h11,65H,4-10H2,1-3H3/p+1/t11-/m0/s1. The molecule has 0 heterocycles. The van der Waals surface area contributed by atoms with Crippen LogP contribution in [0.5, 0.6) is 0 Å². The van der Waals surface area contributed by atoms with Crippen LogP contribution < -0.4 is 5.32 Å². The lowest BCUT2D eigenvalue weighted by atomic mass is 9.88. The number of amides is 1. The Morgan fingerprint density at radius 3 is 0.944 bits per heavy atom. The maximum Gasteiger partial charge on any atom is 0.460 e. The maximum atomic E-state index is 14.3. The first kappa shape index (κ1) is 67.0. The lowest BCUT2D eigenvalue weighted by Gasteiger charge is -2.42. The Balaban J connectivity index is 6.42. The zero-order valence-electron chi connectivity index (χ0n) is 34.0. The van der Waals surface area contributed by atoms with Crippen LogP contribution in [0.25, 0.3) is 0 Å². The average molecular weight is 1140 g/mol. The molecule has 0 bridgehead atoms. The molecular weight excluding hydrogens is 1110 g/mol. The van der Waals surface area contributed by atoms with E-state index in [-0.39, 0.29) is 0 Å². The summed E-state index contributed by atoms with van der Waals surface area (Å²) in [6.45, 7) is -5.92. The molecule has 1 amide bonds. The normalized spacial score (nSPS) is 16.2. The van der Waals surface area contributed by atoms with Crippen LogP contribution in [0.15, 0.2) is 0 Å². The van der Waals surface area contributed by atoms with Gasteiger partial charge in [-0.1, -0.05) is 0 Å². The molecule has 0 aromatic heterocycles. The minimum atomic E-state index is -9.00. The molecule has 7 nitrogen and oxygen atoms in total. The van der Waals surface area contributed by atoms with Gasteiger partial charge >= 0.3 is 101 Å². The predicted octanol–water partition coefficient (Wildman–Crippen LogP) is 11.3. The number of esters is 1. The third kappa shape index (κ3) is 11.4. The molecule has 0 fully saturated rings. The Bertz CT molecular complexity index is 1880. The molecule has 2 N–H and O–H groups in total. The van der Waals surface area contributed by atoms with Crippen molar-refractivity contribution in [2.75, 3.05) is 40.9 Å². The third-order valence-corrected chi connectivity index (χ3v) is 8.82. The van der Waals surface area contributed by atoms with Gasteiger partial charge in [0.1, 0.15) is 6.04 Å². The molecular formula is C30H26F34N3O4+. The van der Waals surface area contributed by atoms with Crippen LogP contribution in [0.4, 0.5) is 149 Å². The van der Waals surface area contributed by atoms with E-state index in [0.29, 0.717) is 0 Å². The number of carbonyl (C=O) groups excluding carboxylic acids is 2. The van der Waals surface area contributed by atoms with Crippen molar-refractivity contribution in [1.29, 1.82) is 5.41 Å². The molecule has 0 aromatic rings. The Morgan fingerprint density at radius 1 is 0.423 bits per heavy atom. The van der Waals surface area contributed by atoms with Gasteiger partial charge in [-0.05, 0) is 6.42 Å². The van der Waals surface area contributed by atoms with Crippen molar-refractivity contribution in [2.45, 2.75) is 127 Å². The number of carbonyl (C=O) groups is 2. The van der Waals surface area contributed by atoms with Gasteiger partial charge in [-0.3, -0.25) is 10.2 Å². The Kier molecular flexibility index (Phi) is 18.3. The first-order valence-electron chi connectivity index (χ1n) is 17.4. The average Bonchev–Trinajstić information content (AvgIpc) is 3.13. The molecule has 0 unspecified atom stereocenters. The van der Waals surface area contributed by atoms with Crippen molar-refractivity contribution >= 4 is 17.8 Å². The lowest BCUT2D eigenvalue weighted by Crippen LogP contribution is -2.74. The molecule has 41 heteroatoms. The molecule has 0 saturated heterocycles. The fraction of sp³-hybridized carbons (Fsp3) is 0.900. The Morgan fingerprint density at radius 2 is 0.676 bits per heavy atom. The fourth-order valence-corrected chi connectivity index (χ4v) is 4.66. The van der Waals surface area contributed by atoms with E-state index < -0.39 is 169 Å². The highest BCUT2D eigenvalue weighted by atomic mass is 19.4. The predicted molar refractivity (Wildman–Crippen MR) is 159 cm³/mol. The number of ether oxygens (including phenoxy) is 2. The minimum Gasteiger partial charge on any atom is -0.481 e. The lowest BCUT2D eigenvalue weighted by molar-refractivity contribution is -0.862. The Labute approximate surface area is 370 Å². The van der Waals surface area contributed by atoms with Crippen LogP contribution in [-0.4, -0.2) is 164 Å². The number of nitrogens with zero attached hydrogens (tertiary/aromatic N) is 1. The summed E-state index contributed by atoms with van der Waals surface area (Å²) in [5, 5.41) is 8.94. The summed E-state index contributed by atoms with van der Waals surface area (Å²) in [7, 11) is 3.50. The van der Waals surface area contributed by atoms with Gasteiger partial charge in [0.15, 0.2) is 12.4 Å². The van der Waals surface area contributed by atoms with Gasteiger partial charge in [0.25, 0.3) is 5.91 Å². The van der Waals surface area contributed by atoms with Crippen molar-refractivity contribution in [3.8, 4) is 0 Å². The number of hydrogen-bond donors (Lipinski definition) is 2. The first-order chi connectivity index (χ1) is 30.5. The molecule has 0 aliphatic carbocycles. The number of likely N-dealkylation sites (N-methyl/N-ethyl adjacent to an activating group) is 1. The molecule has 422 valence electrons. The first-order valence-corrected chi connectivity index (χ1v) is 17.4. The third-order valence-electron chi connectivity index (χ3n) is 8.82. The van der Waals surface area contributed by atoms with Crippen LogP contribution >= 0.6 is 0 Å². The summed E-state index contributed by atoms with van der Waals surface area (Å²) in [5.41, 5.74) is 0. The Hall–Kier alpha value is -4.01. The van der Waals surface area contributed by atoms with Gasteiger partial charge < -0.3 is 19.3 Å². The van der Waals surface area contributed by atoms with Crippen LogP contribution in [0.1, 0.15) is 25.7 Å². The van der Waals surface area contributed by atoms with E-state index in [1.165, 1.54) is 21.1 Å². The maximum absolute atomic E-state index is 14.3. The highest BCUT2D eigenvalue weighted by Gasteiger charge is 2.97. The fourth-order valence-electron chi connectivity index (χ4n) is 4.66. The molecule has 0 aromatic carbocycles. The molecule has 0 radical (unpaired) electrons. The van der Waals surface area contributed by atoms with E-state index in [2.05, 4.69) is 9.47 Å². The summed E-state index contributed by atoms with van der Waals surface area (Å²) in [6, 6.07) is -2.65. The van der Waals surface area contributed by atoms with Gasteiger partial charge in [0, 0.05) is 6.42 Å². The SMILES string of the molecule is C[N+](C)(C)CC(=O)N[C@@H](CCC(=N)OCCC(F)(F)C(F)(F)C(F)(F)C(F)(F)C(F)(F)C(F)(F)C(F)(F)C(F)(F)F)C(=O)OCCC(F)(F)C(F)(F)C(F)(F)C(F)(F)C(F)(F)C(F)(F)C(F)(F)C(F)(F)F. The van der Waals surface area contributed by atoms with Crippen molar-refractivity contribution in [1.82, 2.24) is 5.32 Å². The van der Waals surface area contributed by atoms with Gasteiger partial charge in [0.2, 0.25) is 0 Å². The zero-order valence-corrected chi connectivity index (χ0v) is 34.0. The topological polar surface area (TPSA) is 88.5 Å². The molecule has 0 rings (SSSR count). The van der Waals surface area contributed by atoms with Crippen LogP contribution in [0.3, 0.4) is 0 Å². The highest BCUT2D eigenvalue weighted by Crippen LogP contribution is 2.66. The number of quaternary nitrogens is 1. The van der Waals surface area contributed by atoms with Crippen molar-refractivity contribution < 1.29 is 173 Å². The van der Waals surface area contributed by atoms with E-state index >= 15 is 0 Å². The van der Waals surface area contributed by atoms with Crippen LogP contribution in [0.2, 0.25) is 0 Å². The highest BCUT2D eigenvalue weighted by molar-refractivity contribution is 5.85. The van der Waals surface area contributed by atoms with Crippen molar-refractivity contribution in [3.05, 3.63) is 0 Å². The monoisotopic (exact) mass is 1140 g/mol. The number of hydrogen-bond acceptors (Lipinski definition) is 5. The number of alkyl halides is 34. The van der Waals surface area contributed by atoms with Crippen molar-refractivity contribution in [3.63, 3.8) is 0 Å². The molecule has 0 spiro atoms. The van der Waals surface area contributed by atoms with Gasteiger partial charge in [-0.2, -0.15) is 149 Å². The van der Waals surface area contributed by atoms with E-state index in [1.54, 1.807) is 5.32 Å². The summed E-state index contributed by atoms with van der Waals surface area (Å²) in [4.78, 5) is 24.9. The number of nitrogens with one attached hydrogen (secondary N) is 2. The summed E-state index contributed by atoms with van der Waals surface area (Å²) in [5.74, 6) is -124. The molecule has 0 saturated carbocycles. The quantitative estimate of drug-likeness (QED) is 0.0313. The zero-order chi connectivity index (χ0) is 57.9. The summed E-state index contributed by atoms with van der Waals surface area (Å²) < 4.78 is 466. The molecule has 0 aliphatic rings. The van der Waals surface area contributed by atoms with Gasteiger partial charge in [-0.25, -0.2) is 4.79 Å². The minimum absolute atomic E-state index is 0.477. The molecule has 0 aliphatic heterocycles. The second-order valence-corrected chi connectivity index (χ2v) is 15.3. The second-order valence-electron chi connectivity index (χ2n) is 15.3. The summed E-state index contributed by atoms with van der Waals surface area (Å²) in [6.07, 6.45) is -25.8. The van der Waals surface area contributed by atoms with Crippen LogP contribution in [0, 0.1) is 5.41 Å². The van der Waals surface area contributed by atoms with Crippen LogP contribution in [-0.2, 0) is 19.1 Å².